The number of aliphatic hydroxyl groups is 2. The molecule has 1 spiro atoms. The van der Waals surface area contributed by atoms with Crippen LogP contribution in [-0.2, 0) is 31.3 Å². The molecule has 2 bridgehead atoms. The molecule has 3 aliphatic heterocycles. The van der Waals surface area contributed by atoms with Gasteiger partial charge in [0.05, 0.1) is 42.9 Å². The molecule has 0 aromatic heterocycles. The first-order chi connectivity index (χ1) is 23.7. The molecule has 2 aliphatic carbocycles. The number of rotatable bonds is 2. The summed E-state index contributed by atoms with van der Waals surface area (Å²) in [5.74, 6) is 0.945. The van der Waals surface area contributed by atoms with Gasteiger partial charge in [0.1, 0.15) is 12.0 Å². The highest BCUT2D eigenvalue weighted by atomic mass is 35.5. The summed E-state index contributed by atoms with van der Waals surface area (Å²) in [6.07, 6.45) is 5.52. The zero-order valence-corrected chi connectivity index (χ0v) is 31.1. The Labute approximate surface area is 302 Å². The second-order valence-electron chi connectivity index (χ2n) is 16.5. The van der Waals surface area contributed by atoms with E-state index in [1.54, 1.807) is 13.0 Å². The van der Waals surface area contributed by atoms with E-state index in [4.69, 9.17) is 31.5 Å². The van der Waals surface area contributed by atoms with Crippen molar-refractivity contribution < 1.29 is 32.8 Å². The number of halogens is 1. The Hall–Kier alpha value is -1.96. The number of fused-ring (bicyclic) bond motifs is 4. The van der Waals surface area contributed by atoms with Crippen LogP contribution >= 0.6 is 11.6 Å². The molecule has 2 aromatic rings. The summed E-state index contributed by atoms with van der Waals surface area (Å²) < 4.78 is 49.0. The van der Waals surface area contributed by atoms with Gasteiger partial charge in [0.15, 0.2) is 6.29 Å². The topological polar surface area (TPSA) is 144 Å². The maximum Gasteiger partial charge on any atom is 0.216 e. The molecule has 10 nitrogen and oxygen atoms in total. The lowest BCUT2D eigenvalue weighted by atomic mass is 9.55. The van der Waals surface area contributed by atoms with Crippen molar-refractivity contribution in [2.45, 2.75) is 101 Å². The molecule has 2 fully saturated rings. The molecule has 0 radical (unpaired) electrons. The van der Waals surface area contributed by atoms with Crippen LogP contribution in [-0.4, -0.2) is 75.2 Å². The van der Waals surface area contributed by atoms with Crippen molar-refractivity contribution in [1.82, 2.24) is 4.72 Å². The Bertz CT molecular complexity index is 1670. The lowest BCUT2D eigenvalue weighted by Crippen LogP contribution is -2.60. The third-order valence-corrected chi connectivity index (χ3v) is 15.1. The van der Waals surface area contributed by atoms with Gasteiger partial charge in [-0.2, -0.15) is 4.72 Å². The van der Waals surface area contributed by atoms with Crippen molar-refractivity contribution >= 4 is 27.3 Å². The van der Waals surface area contributed by atoms with Crippen molar-refractivity contribution in [3.05, 3.63) is 58.1 Å². The number of nitrogens with one attached hydrogen (secondary N) is 1. The van der Waals surface area contributed by atoms with Crippen LogP contribution < -0.4 is 20.1 Å². The highest BCUT2D eigenvalue weighted by Gasteiger charge is 2.53. The maximum atomic E-state index is 13.6. The molecule has 0 amide bonds. The lowest BCUT2D eigenvalue weighted by molar-refractivity contribution is -0.254. The number of nitrogens with zero attached hydrogens (tertiary/aromatic N) is 1. The zero-order chi connectivity index (χ0) is 35.5. The standard InChI is InChI=1S/C38H54ClN3O7S/c1-24-6-4-8-29(35-48-22-38(40,20-43)23-49-35)31-13-15-36(31,3)18-42-19-37(14-5-7-26-16-28(39)10-11-30(26)37)21-47-33-12-9-27(17-32(33)42)34(44)41-50(45,46)25(24)2/h9-12,16-17,24-25,29,31,34-35,41,43-44H,4-8,13-15,18-23,40H2,1-3H3/t24-,25+,29-,31-,34?,35?,36?,37-,38?/m0/s1. The van der Waals surface area contributed by atoms with Crippen molar-refractivity contribution in [3.8, 4) is 5.75 Å². The highest BCUT2D eigenvalue weighted by molar-refractivity contribution is 7.90. The predicted octanol–water partition coefficient (Wildman–Crippen LogP) is 5.03. The quantitative estimate of drug-likeness (QED) is 0.335. The van der Waals surface area contributed by atoms with E-state index in [9.17, 15) is 18.6 Å². The summed E-state index contributed by atoms with van der Waals surface area (Å²) in [4.78, 5) is 2.44. The Balaban J connectivity index is 1.29. The smallest absolute Gasteiger partial charge is 0.216 e. The number of ether oxygens (including phenoxy) is 3. The van der Waals surface area contributed by atoms with Crippen molar-refractivity contribution in [1.29, 1.82) is 0 Å². The van der Waals surface area contributed by atoms with E-state index in [1.165, 1.54) is 11.1 Å². The number of sulfonamides is 1. The predicted molar refractivity (Wildman–Crippen MR) is 194 cm³/mol. The number of anilines is 1. The second kappa shape index (κ2) is 13.8. The monoisotopic (exact) mass is 731 g/mol. The van der Waals surface area contributed by atoms with Crippen molar-refractivity contribution in [2.24, 2.45) is 28.9 Å². The Morgan fingerprint density at radius 2 is 1.80 bits per heavy atom. The zero-order valence-electron chi connectivity index (χ0n) is 29.6. The number of hydrogen-bond donors (Lipinski definition) is 4. The van der Waals surface area contributed by atoms with Gasteiger partial charge in [-0.05, 0) is 110 Å². The molecule has 3 heterocycles. The van der Waals surface area contributed by atoms with Crippen LogP contribution in [0.25, 0.3) is 0 Å². The maximum absolute atomic E-state index is 13.6. The average Bonchev–Trinajstić information content (AvgIpc) is 3.23. The number of hydrogen-bond acceptors (Lipinski definition) is 9. The van der Waals surface area contributed by atoms with Crippen LogP contribution in [0.1, 0.15) is 88.6 Å². The molecule has 50 heavy (non-hydrogen) atoms. The Morgan fingerprint density at radius 1 is 1.02 bits per heavy atom. The van der Waals surface area contributed by atoms with Crippen molar-refractivity contribution in [3.63, 3.8) is 0 Å². The van der Waals surface area contributed by atoms with Crippen LogP contribution in [0.2, 0.25) is 5.02 Å². The first-order valence-electron chi connectivity index (χ1n) is 18.4. The second-order valence-corrected chi connectivity index (χ2v) is 19.0. The van der Waals surface area contributed by atoms with E-state index in [-0.39, 0.29) is 48.4 Å². The lowest BCUT2D eigenvalue weighted by Gasteiger charge is -2.55. The molecular formula is C38H54ClN3O7S. The number of benzene rings is 2. The van der Waals surface area contributed by atoms with Gasteiger partial charge >= 0.3 is 0 Å². The van der Waals surface area contributed by atoms with Gasteiger partial charge in [-0.25, -0.2) is 8.42 Å². The summed E-state index contributed by atoms with van der Waals surface area (Å²) in [7, 11) is -3.85. The van der Waals surface area contributed by atoms with E-state index in [0.29, 0.717) is 25.1 Å². The molecular weight excluding hydrogens is 678 g/mol. The van der Waals surface area contributed by atoms with E-state index >= 15 is 0 Å². The normalized spacial score (nSPS) is 39.0. The van der Waals surface area contributed by atoms with E-state index in [1.807, 2.05) is 25.1 Å². The van der Waals surface area contributed by atoms with E-state index in [2.05, 4.69) is 28.7 Å². The highest BCUT2D eigenvalue weighted by Crippen LogP contribution is 2.55. The van der Waals surface area contributed by atoms with Crippen LogP contribution in [0.15, 0.2) is 36.4 Å². The molecule has 7 rings (SSSR count). The van der Waals surface area contributed by atoms with Crippen LogP contribution in [0.3, 0.4) is 0 Å². The molecule has 5 aliphatic rings. The largest absolute Gasteiger partial charge is 0.490 e. The van der Waals surface area contributed by atoms with Crippen LogP contribution in [0.4, 0.5) is 5.69 Å². The fourth-order valence-corrected chi connectivity index (χ4v) is 11.0. The molecule has 276 valence electrons. The third kappa shape index (κ3) is 6.82. The van der Waals surface area contributed by atoms with Gasteiger partial charge in [-0.15, -0.1) is 0 Å². The third-order valence-electron chi connectivity index (χ3n) is 12.9. The van der Waals surface area contributed by atoms with Crippen LogP contribution in [0, 0.1) is 23.2 Å². The van der Waals surface area contributed by atoms with Gasteiger partial charge in [-0.3, -0.25) is 0 Å². The minimum Gasteiger partial charge on any atom is -0.490 e. The minimum absolute atomic E-state index is 0.0736. The summed E-state index contributed by atoms with van der Waals surface area (Å²) >= 11 is 6.48. The molecule has 1 saturated carbocycles. The van der Waals surface area contributed by atoms with Gasteiger partial charge < -0.3 is 35.1 Å². The molecule has 5 N–H and O–H groups in total. The first-order valence-corrected chi connectivity index (χ1v) is 20.3. The number of aryl methyl sites for hydroxylation is 1. The Kier molecular flexibility index (Phi) is 10.0. The number of aliphatic hydroxyl groups excluding tert-OH is 2. The fraction of sp³-hybridized carbons (Fsp3) is 0.684. The molecule has 12 heteroatoms. The Morgan fingerprint density at radius 3 is 2.52 bits per heavy atom. The van der Waals surface area contributed by atoms with Gasteiger partial charge in [0, 0.05) is 29.4 Å². The van der Waals surface area contributed by atoms with Crippen molar-refractivity contribution in [2.75, 3.05) is 44.4 Å². The summed E-state index contributed by atoms with van der Waals surface area (Å²) in [6, 6.07) is 11.8. The van der Waals surface area contributed by atoms with E-state index in [0.717, 1.165) is 68.0 Å². The van der Waals surface area contributed by atoms with Crippen LogP contribution in [0.5, 0.6) is 5.75 Å². The first kappa shape index (κ1) is 36.4. The molecule has 2 aromatic carbocycles. The van der Waals surface area contributed by atoms with Gasteiger partial charge in [0.2, 0.25) is 10.0 Å². The summed E-state index contributed by atoms with van der Waals surface area (Å²) in [6.45, 7) is 8.25. The summed E-state index contributed by atoms with van der Waals surface area (Å²) in [5, 5.41) is 21.2. The molecule has 7 atom stereocenters. The minimum atomic E-state index is -3.85. The number of nitrogens with two attached hydrogens (primary N) is 1. The average molecular weight is 732 g/mol. The SMILES string of the molecule is C[C@@H]1[C@@H](C)CCC[C@H](C2OCC(N)(CO)CO2)[C@@H]2CCC2(C)CN2C[C@@]3(CCCc4cc(Cl)ccc43)COc3ccc(cc32)C(O)NS1(=O)=O. The fourth-order valence-electron chi connectivity index (χ4n) is 9.44. The van der Waals surface area contributed by atoms with Gasteiger partial charge in [0.25, 0.3) is 0 Å². The summed E-state index contributed by atoms with van der Waals surface area (Å²) in [5.41, 5.74) is 8.92. The molecule has 2 unspecified atom stereocenters. The van der Waals surface area contributed by atoms with Gasteiger partial charge in [-0.1, -0.05) is 44.0 Å². The van der Waals surface area contributed by atoms with E-state index < -0.39 is 33.3 Å². The molecule has 1 saturated heterocycles.